The van der Waals surface area contributed by atoms with Crippen LogP contribution in [0, 0.1) is 5.92 Å². The van der Waals surface area contributed by atoms with Crippen LogP contribution in [0.1, 0.15) is 18.7 Å². The second-order valence-electron chi connectivity index (χ2n) is 3.84. The Labute approximate surface area is 92.2 Å². The Morgan fingerprint density at radius 3 is 3.07 bits per heavy atom. The van der Waals surface area contributed by atoms with Crippen molar-refractivity contribution in [2.45, 2.75) is 19.3 Å². The minimum atomic E-state index is 0.693. The lowest BCUT2D eigenvalue weighted by Gasteiger charge is -2.21. The molecule has 1 fully saturated rings. The summed E-state index contributed by atoms with van der Waals surface area (Å²) >= 11 is 3.29. The highest BCUT2D eigenvalue weighted by Crippen LogP contribution is 2.15. The fraction of sp³-hybridized carbons (Fsp3) is 0.778. The summed E-state index contributed by atoms with van der Waals surface area (Å²) in [7, 11) is 1.95. The standard InChI is InChI=1S/C9H15BrN4/c1-14-8(12-9(10)13-14)5-7-3-2-4-11-6-7/h7,11H,2-6H2,1H3. The summed E-state index contributed by atoms with van der Waals surface area (Å²) in [6.07, 6.45) is 3.61. The van der Waals surface area contributed by atoms with Gasteiger partial charge in [-0.3, -0.25) is 4.68 Å². The zero-order chi connectivity index (χ0) is 9.97. The molecule has 1 unspecified atom stereocenters. The number of aryl methyl sites for hydroxylation is 1. The molecule has 0 amide bonds. The largest absolute Gasteiger partial charge is 0.316 e. The van der Waals surface area contributed by atoms with E-state index in [1.807, 2.05) is 11.7 Å². The molecule has 1 aliphatic rings. The molecule has 1 aromatic rings. The molecule has 14 heavy (non-hydrogen) atoms. The van der Waals surface area contributed by atoms with Crippen LogP contribution in [0.25, 0.3) is 0 Å². The Kier molecular flexibility index (Phi) is 3.18. The topological polar surface area (TPSA) is 42.7 Å². The molecule has 1 aliphatic heterocycles. The molecule has 0 aliphatic carbocycles. The third-order valence-corrected chi connectivity index (χ3v) is 3.03. The number of piperidine rings is 1. The van der Waals surface area contributed by atoms with Crippen molar-refractivity contribution in [3.8, 4) is 0 Å². The molecule has 2 rings (SSSR count). The van der Waals surface area contributed by atoms with E-state index in [-0.39, 0.29) is 0 Å². The van der Waals surface area contributed by atoms with E-state index < -0.39 is 0 Å². The van der Waals surface area contributed by atoms with Gasteiger partial charge in [-0.15, -0.1) is 5.10 Å². The molecular formula is C9H15BrN4. The van der Waals surface area contributed by atoms with Crippen LogP contribution in [0.5, 0.6) is 0 Å². The van der Waals surface area contributed by atoms with E-state index in [1.165, 1.54) is 19.4 Å². The van der Waals surface area contributed by atoms with E-state index in [4.69, 9.17) is 0 Å². The molecule has 5 heteroatoms. The molecule has 0 radical (unpaired) electrons. The fourth-order valence-electron chi connectivity index (χ4n) is 1.92. The quantitative estimate of drug-likeness (QED) is 0.865. The van der Waals surface area contributed by atoms with Crippen molar-refractivity contribution in [1.82, 2.24) is 20.1 Å². The van der Waals surface area contributed by atoms with Crippen LogP contribution in [-0.4, -0.2) is 27.9 Å². The van der Waals surface area contributed by atoms with Crippen molar-refractivity contribution in [1.29, 1.82) is 0 Å². The number of nitrogens with one attached hydrogen (secondary N) is 1. The van der Waals surface area contributed by atoms with Gasteiger partial charge in [0.05, 0.1) is 0 Å². The molecule has 1 N–H and O–H groups in total. The maximum atomic E-state index is 4.35. The van der Waals surface area contributed by atoms with Crippen LogP contribution in [-0.2, 0) is 13.5 Å². The Bertz CT molecular complexity index is 304. The molecule has 0 saturated carbocycles. The van der Waals surface area contributed by atoms with Crippen molar-refractivity contribution in [2.75, 3.05) is 13.1 Å². The molecule has 0 spiro atoms. The summed E-state index contributed by atoms with van der Waals surface area (Å²) in [4.78, 5) is 4.35. The maximum Gasteiger partial charge on any atom is 0.217 e. The maximum absolute atomic E-state index is 4.35. The Morgan fingerprint density at radius 2 is 2.50 bits per heavy atom. The zero-order valence-electron chi connectivity index (χ0n) is 8.33. The normalized spacial score (nSPS) is 22.6. The summed E-state index contributed by atoms with van der Waals surface area (Å²) in [6.45, 7) is 2.28. The van der Waals surface area contributed by atoms with Crippen molar-refractivity contribution in [3.05, 3.63) is 10.6 Å². The van der Waals surface area contributed by atoms with Gasteiger partial charge in [-0.05, 0) is 47.8 Å². The number of hydrogen-bond donors (Lipinski definition) is 1. The van der Waals surface area contributed by atoms with Gasteiger partial charge in [-0.1, -0.05) is 0 Å². The van der Waals surface area contributed by atoms with Crippen molar-refractivity contribution < 1.29 is 0 Å². The summed E-state index contributed by atoms with van der Waals surface area (Å²) in [6, 6.07) is 0. The third-order valence-electron chi connectivity index (χ3n) is 2.70. The van der Waals surface area contributed by atoms with Gasteiger partial charge in [-0.2, -0.15) is 0 Å². The predicted molar refractivity (Wildman–Crippen MR) is 58.0 cm³/mol. The van der Waals surface area contributed by atoms with E-state index in [1.54, 1.807) is 0 Å². The first-order chi connectivity index (χ1) is 6.75. The smallest absolute Gasteiger partial charge is 0.217 e. The summed E-state index contributed by atoms with van der Waals surface area (Å²) in [5, 5.41) is 7.59. The Balaban J connectivity index is 1.98. The predicted octanol–water partition coefficient (Wildman–Crippen LogP) is 1.12. The highest BCUT2D eigenvalue weighted by molar-refractivity contribution is 9.10. The SMILES string of the molecule is Cn1nc(Br)nc1CC1CCCNC1. The number of nitrogens with zero attached hydrogens (tertiary/aromatic N) is 3. The van der Waals surface area contributed by atoms with Crippen LogP contribution in [0.15, 0.2) is 4.73 Å². The van der Waals surface area contributed by atoms with Crippen LogP contribution in [0.4, 0.5) is 0 Å². The molecule has 4 nitrogen and oxygen atoms in total. The number of halogens is 1. The van der Waals surface area contributed by atoms with Crippen LogP contribution in [0.3, 0.4) is 0 Å². The first kappa shape index (κ1) is 10.1. The molecule has 78 valence electrons. The van der Waals surface area contributed by atoms with Gasteiger partial charge in [0.1, 0.15) is 5.82 Å². The minimum absolute atomic E-state index is 0.693. The Morgan fingerprint density at radius 1 is 1.64 bits per heavy atom. The lowest BCUT2D eigenvalue weighted by Crippen LogP contribution is -2.31. The second-order valence-corrected chi connectivity index (χ2v) is 4.55. The van der Waals surface area contributed by atoms with Gasteiger partial charge in [0, 0.05) is 13.5 Å². The summed E-state index contributed by atoms with van der Waals surface area (Å²) < 4.78 is 2.55. The van der Waals surface area contributed by atoms with E-state index in [2.05, 4.69) is 31.3 Å². The van der Waals surface area contributed by atoms with Gasteiger partial charge in [0.25, 0.3) is 0 Å². The van der Waals surface area contributed by atoms with Gasteiger partial charge >= 0.3 is 0 Å². The van der Waals surface area contributed by atoms with Crippen LogP contribution in [0.2, 0.25) is 0 Å². The lowest BCUT2D eigenvalue weighted by atomic mass is 9.96. The van der Waals surface area contributed by atoms with Crippen molar-refractivity contribution in [2.24, 2.45) is 13.0 Å². The number of hydrogen-bond acceptors (Lipinski definition) is 3. The first-order valence-corrected chi connectivity index (χ1v) is 5.81. The van der Waals surface area contributed by atoms with E-state index in [0.29, 0.717) is 4.73 Å². The van der Waals surface area contributed by atoms with Crippen LogP contribution < -0.4 is 5.32 Å². The molecule has 1 saturated heterocycles. The molecule has 0 aromatic carbocycles. The van der Waals surface area contributed by atoms with Crippen LogP contribution >= 0.6 is 15.9 Å². The van der Waals surface area contributed by atoms with Gasteiger partial charge in [0.2, 0.25) is 4.73 Å². The summed E-state index contributed by atoms with van der Waals surface area (Å²) in [5.41, 5.74) is 0. The van der Waals surface area contributed by atoms with Crippen molar-refractivity contribution in [3.63, 3.8) is 0 Å². The molecule has 1 atom stereocenters. The number of aromatic nitrogens is 3. The van der Waals surface area contributed by atoms with Gasteiger partial charge < -0.3 is 5.32 Å². The van der Waals surface area contributed by atoms with E-state index in [9.17, 15) is 0 Å². The Hall–Kier alpha value is -0.420. The summed E-state index contributed by atoms with van der Waals surface area (Å²) in [5.74, 6) is 1.80. The first-order valence-electron chi connectivity index (χ1n) is 5.02. The number of rotatable bonds is 2. The average Bonchev–Trinajstić information content (AvgIpc) is 2.47. The third kappa shape index (κ3) is 2.33. The van der Waals surface area contributed by atoms with Gasteiger partial charge in [-0.25, -0.2) is 4.98 Å². The second kappa shape index (κ2) is 4.40. The van der Waals surface area contributed by atoms with E-state index in [0.717, 1.165) is 24.7 Å². The minimum Gasteiger partial charge on any atom is -0.316 e. The zero-order valence-corrected chi connectivity index (χ0v) is 9.92. The average molecular weight is 259 g/mol. The fourth-order valence-corrected chi connectivity index (χ4v) is 2.36. The monoisotopic (exact) mass is 258 g/mol. The molecular weight excluding hydrogens is 244 g/mol. The molecule has 0 bridgehead atoms. The van der Waals surface area contributed by atoms with Gasteiger partial charge in [0.15, 0.2) is 0 Å². The lowest BCUT2D eigenvalue weighted by molar-refractivity contribution is 0.366. The highest BCUT2D eigenvalue weighted by Gasteiger charge is 2.16. The molecule has 2 heterocycles. The highest BCUT2D eigenvalue weighted by atomic mass is 79.9. The molecule has 1 aromatic heterocycles. The van der Waals surface area contributed by atoms with E-state index >= 15 is 0 Å². The van der Waals surface area contributed by atoms with Crippen molar-refractivity contribution >= 4 is 15.9 Å².